The summed E-state index contributed by atoms with van der Waals surface area (Å²) in [7, 11) is 0. The highest BCUT2D eigenvalue weighted by molar-refractivity contribution is 7.09. The van der Waals surface area contributed by atoms with Crippen LogP contribution in [0.2, 0.25) is 0 Å². The first kappa shape index (κ1) is 13.0. The number of aliphatic hydroxyl groups excluding tert-OH is 1. The van der Waals surface area contributed by atoms with Gasteiger partial charge in [0.15, 0.2) is 0 Å². The zero-order valence-electron chi connectivity index (χ0n) is 11.0. The van der Waals surface area contributed by atoms with Crippen molar-refractivity contribution in [2.75, 3.05) is 0 Å². The lowest BCUT2D eigenvalue weighted by Crippen LogP contribution is -2.39. The van der Waals surface area contributed by atoms with Crippen molar-refractivity contribution in [3.63, 3.8) is 0 Å². The molecule has 1 heterocycles. The normalized spacial score (nSPS) is 30.5. The number of thiazole rings is 1. The molecule has 96 valence electrons. The Hall–Kier alpha value is -0.410. The Labute approximate surface area is 108 Å². The van der Waals surface area contributed by atoms with Gasteiger partial charge in [-0.2, -0.15) is 0 Å². The number of rotatable bonds is 3. The molecule has 0 aromatic carbocycles. The van der Waals surface area contributed by atoms with Crippen LogP contribution in [0, 0.1) is 17.3 Å². The zero-order valence-corrected chi connectivity index (χ0v) is 11.8. The molecule has 0 aliphatic heterocycles. The molecule has 1 aromatic heterocycles. The SMILES string of the molecule is CC1CCC(C(C)(C)Cc2cncs2)C(O)C1. The number of hydrogen-bond donors (Lipinski definition) is 1. The monoisotopic (exact) mass is 253 g/mol. The summed E-state index contributed by atoms with van der Waals surface area (Å²) in [5, 5.41) is 10.3. The Bertz CT molecular complexity index is 347. The Kier molecular flexibility index (Phi) is 3.88. The van der Waals surface area contributed by atoms with Gasteiger partial charge in [0.2, 0.25) is 0 Å². The maximum Gasteiger partial charge on any atom is 0.0794 e. The molecule has 1 fully saturated rings. The van der Waals surface area contributed by atoms with E-state index < -0.39 is 0 Å². The van der Waals surface area contributed by atoms with Crippen LogP contribution < -0.4 is 0 Å². The predicted octanol–water partition coefficient (Wildman–Crippen LogP) is 3.51. The van der Waals surface area contributed by atoms with E-state index in [-0.39, 0.29) is 11.5 Å². The van der Waals surface area contributed by atoms with Gasteiger partial charge in [-0.1, -0.05) is 27.2 Å². The van der Waals surface area contributed by atoms with Crippen molar-refractivity contribution in [3.8, 4) is 0 Å². The smallest absolute Gasteiger partial charge is 0.0794 e. The lowest BCUT2D eigenvalue weighted by molar-refractivity contribution is -0.0122. The number of aliphatic hydroxyl groups is 1. The van der Waals surface area contributed by atoms with Crippen molar-refractivity contribution in [1.82, 2.24) is 4.98 Å². The van der Waals surface area contributed by atoms with Crippen LogP contribution >= 0.6 is 11.3 Å². The largest absolute Gasteiger partial charge is 0.393 e. The second kappa shape index (κ2) is 5.07. The summed E-state index contributed by atoms with van der Waals surface area (Å²) in [6.45, 7) is 6.82. The van der Waals surface area contributed by atoms with E-state index in [2.05, 4.69) is 25.8 Å². The van der Waals surface area contributed by atoms with Gasteiger partial charge in [0.1, 0.15) is 0 Å². The third-order valence-corrected chi connectivity index (χ3v) is 4.98. The molecule has 2 nitrogen and oxygen atoms in total. The molecule has 3 heteroatoms. The van der Waals surface area contributed by atoms with E-state index in [1.54, 1.807) is 11.3 Å². The summed E-state index contributed by atoms with van der Waals surface area (Å²) < 4.78 is 0. The molecule has 1 aliphatic carbocycles. The van der Waals surface area contributed by atoms with Crippen molar-refractivity contribution in [2.45, 2.75) is 52.6 Å². The Morgan fingerprint density at radius 3 is 2.82 bits per heavy atom. The summed E-state index contributed by atoms with van der Waals surface area (Å²) in [6, 6.07) is 0. The highest BCUT2D eigenvalue weighted by Crippen LogP contribution is 2.42. The molecule has 1 N–H and O–H groups in total. The van der Waals surface area contributed by atoms with Crippen LogP contribution in [0.5, 0.6) is 0 Å². The molecule has 1 aromatic rings. The standard InChI is InChI=1S/C14H23NOS/c1-10-4-5-12(13(16)6-10)14(2,3)7-11-8-15-9-17-11/h8-10,12-13,16H,4-7H2,1-3H3. The van der Waals surface area contributed by atoms with E-state index in [4.69, 9.17) is 0 Å². The Morgan fingerprint density at radius 2 is 2.24 bits per heavy atom. The first-order valence-electron chi connectivity index (χ1n) is 6.54. The summed E-state index contributed by atoms with van der Waals surface area (Å²) in [6.07, 6.45) is 6.26. The molecule has 0 spiro atoms. The third-order valence-electron chi connectivity index (χ3n) is 4.20. The van der Waals surface area contributed by atoms with Crippen molar-refractivity contribution in [1.29, 1.82) is 0 Å². The number of nitrogens with zero attached hydrogens (tertiary/aromatic N) is 1. The minimum Gasteiger partial charge on any atom is -0.393 e. The van der Waals surface area contributed by atoms with Crippen LogP contribution in [0.15, 0.2) is 11.7 Å². The van der Waals surface area contributed by atoms with Gasteiger partial charge >= 0.3 is 0 Å². The third kappa shape index (κ3) is 3.08. The van der Waals surface area contributed by atoms with Crippen LogP contribution in [-0.4, -0.2) is 16.2 Å². The van der Waals surface area contributed by atoms with E-state index >= 15 is 0 Å². The van der Waals surface area contributed by atoms with E-state index in [0.717, 1.165) is 19.3 Å². The molecule has 1 saturated carbocycles. The van der Waals surface area contributed by atoms with E-state index in [1.165, 1.54) is 11.3 Å². The van der Waals surface area contributed by atoms with Gasteiger partial charge in [-0.05, 0) is 36.5 Å². The van der Waals surface area contributed by atoms with Crippen molar-refractivity contribution < 1.29 is 5.11 Å². The van der Waals surface area contributed by atoms with Gasteiger partial charge in [-0.3, -0.25) is 4.98 Å². The highest BCUT2D eigenvalue weighted by atomic mass is 32.1. The second-order valence-electron chi connectivity index (χ2n) is 6.23. The summed E-state index contributed by atoms with van der Waals surface area (Å²) in [5.41, 5.74) is 2.07. The topological polar surface area (TPSA) is 33.1 Å². The van der Waals surface area contributed by atoms with Gasteiger partial charge in [0.05, 0.1) is 11.6 Å². The molecule has 1 aliphatic rings. The van der Waals surface area contributed by atoms with E-state index in [1.807, 2.05) is 11.7 Å². The molecular formula is C14H23NOS. The molecule has 3 unspecified atom stereocenters. The van der Waals surface area contributed by atoms with Crippen LogP contribution in [0.3, 0.4) is 0 Å². The van der Waals surface area contributed by atoms with Gasteiger partial charge < -0.3 is 5.11 Å². The van der Waals surface area contributed by atoms with E-state index in [0.29, 0.717) is 11.8 Å². The van der Waals surface area contributed by atoms with Gasteiger partial charge in [-0.25, -0.2) is 0 Å². The molecule has 3 atom stereocenters. The van der Waals surface area contributed by atoms with Crippen LogP contribution in [0.1, 0.15) is 44.9 Å². The highest BCUT2D eigenvalue weighted by Gasteiger charge is 2.38. The molecule has 0 saturated heterocycles. The average Bonchev–Trinajstić information content (AvgIpc) is 2.68. The fourth-order valence-electron chi connectivity index (χ4n) is 3.17. The fraction of sp³-hybridized carbons (Fsp3) is 0.786. The second-order valence-corrected chi connectivity index (χ2v) is 7.20. The first-order chi connectivity index (χ1) is 7.99. The predicted molar refractivity (Wildman–Crippen MR) is 72.1 cm³/mol. The lowest BCUT2D eigenvalue weighted by atomic mass is 9.66. The van der Waals surface area contributed by atoms with Crippen LogP contribution in [-0.2, 0) is 6.42 Å². The minimum atomic E-state index is -0.123. The first-order valence-corrected chi connectivity index (χ1v) is 7.42. The van der Waals surface area contributed by atoms with Gasteiger partial charge in [-0.15, -0.1) is 11.3 Å². The average molecular weight is 253 g/mol. The van der Waals surface area contributed by atoms with Crippen LogP contribution in [0.25, 0.3) is 0 Å². The maximum absolute atomic E-state index is 10.3. The van der Waals surface area contributed by atoms with Gasteiger partial charge in [0.25, 0.3) is 0 Å². The number of hydrogen-bond acceptors (Lipinski definition) is 3. The molecule has 0 amide bonds. The Morgan fingerprint density at radius 1 is 1.47 bits per heavy atom. The Balaban J connectivity index is 2.04. The van der Waals surface area contributed by atoms with Crippen molar-refractivity contribution in [2.24, 2.45) is 17.3 Å². The molecule has 17 heavy (non-hydrogen) atoms. The maximum atomic E-state index is 10.3. The molecular weight excluding hydrogens is 230 g/mol. The fourth-order valence-corrected chi connectivity index (χ4v) is 4.01. The van der Waals surface area contributed by atoms with Crippen molar-refractivity contribution >= 4 is 11.3 Å². The lowest BCUT2D eigenvalue weighted by Gasteiger charge is -2.42. The zero-order chi connectivity index (χ0) is 12.5. The summed E-state index contributed by atoms with van der Waals surface area (Å²) in [5.74, 6) is 1.11. The number of aromatic nitrogens is 1. The molecule has 0 radical (unpaired) electrons. The van der Waals surface area contributed by atoms with Gasteiger partial charge in [0, 0.05) is 11.1 Å². The molecule has 0 bridgehead atoms. The van der Waals surface area contributed by atoms with Crippen LogP contribution in [0.4, 0.5) is 0 Å². The summed E-state index contributed by atoms with van der Waals surface area (Å²) >= 11 is 1.72. The van der Waals surface area contributed by atoms with E-state index in [9.17, 15) is 5.11 Å². The minimum absolute atomic E-state index is 0.123. The summed E-state index contributed by atoms with van der Waals surface area (Å²) in [4.78, 5) is 5.47. The van der Waals surface area contributed by atoms with Crippen molar-refractivity contribution in [3.05, 3.63) is 16.6 Å². The quantitative estimate of drug-likeness (QED) is 0.894. The molecule has 2 rings (SSSR count).